The molecule has 0 aliphatic heterocycles. The highest BCUT2D eigenvalue weighted by atomic mass is 35.5. The SMILES string of the molecule is C=C1CC[C@@H](CC(=O)Nc2cc(Cl)cc(Cl)c2)[C@@H]1C/C=C\CC. The van der Waals surface area contributed by atoms with E-state index in [-0.39, 0.29) is 5.91 Å². The first kappa shape index (κ1) is 18.1. The Morgan fingerprint density at radius 2 is 2.00 bits per heavy atom. The Hall–Kier alpha value is -1.25. The van der Waals surface area contributed by atoms with Crippen molar-refractivity contribution in [1.82, 2.24) is 0 Å². The molecular formula is C19H23Cl2NO. The molecule has 1 N–H and O–H groups in total. The molecule has 1 amide bonds. The molecule has 1 aliphatic carbocycles. The van der Waals surface area contributed by atoms with Crippen molar-refractivity contribution >= 4 is 34.8 Å². The van der Waals surface area contributed by atoms with Crippen molar-refractivity contribution in [3.05, 3.63) is 52.5 Å². The summed E-state index contributed by atoms with van der Waals surface area (Å²) in [5, 5.41) is 3.93. The van der Waals surface area contributed by atoms with Crippen LogP contribution in [0.15, 0.2) is 42.5 Å². The number of hydrogen-bond acceptors (Lipinski definition) is 1. The van der Waals surface area contributed by atoms with Crippen molar-refractivity contribution in [2.75, 3.05) is 5.32 Å². The third-order valence-electron chi connectivity index (χ3n) is 4.32. The minimum Gasteiger partial charge on any atom is -0.326 e. The Morgan fingerprint density at radius 1 is 1.30 bits per heavy atom. The molecule has 1 aliphatic rings. The van der Waals surface area contributed by atoms with Crippen LogP contribution in [0.2, 0.25) is 10.0 Å². The molecule has 2 rings (SSSR count). The number of carbonyl (C=O) groups excluding carboxylic acids is 1. The molecule has 0 unspecified atom stereocenters. The third-order valence-corrected chi connectivity index (χ3v) is 4.75. The predicted octanol–water partition coefficient (Wildman–Crippen LogP) is 6.26. The van der Waals surface area contributed by atoms with Crippen LogP contribution in [0.5, 0.6) is 0 Å². The Balaban J connectivity index is 1.95. The van der Waals surface area contributed by atoms with Gasteiger partial charge in [0.15, 0.2) is 0 Å². The van der Waals surface area contributed by atoms with Gasteiger partial charge in [0, 0.05) is 22.2 Å². The van der Waals surface area contributed by atoms with E-state index < -0.39 is 0 Å². The summed E-state index contributed by atoms with van der Waals surface area (Å²) >= 11 is 11.9. The van der Waals surface area contributed by atoms with Gasteiger partial charge in [-0.05, 0) is 55.7 Å². The summed E-state index contributed by atoms with van der Waals surface area (Å²) in [6.45, 7) is 6.30. The van der Waals surface area contributed by atoms with Crippen molar-refractivity contribution in [2.45, 2.75) is 39.0 Å². The lowest BCUT2D eigenvalue weighted by molar-refractivity contribution is -0.117. The summed E-state index contributed by atoms with van der Waals surface area (Å²) in [7, 11) is 0. The van der Waals surface area contributed by atoms with E-state index in [0.29, 0.717) is 34.0 Å². The van der Waals surface area contributed by atoms with Gasteiger partial charge in [-0.15, -0.1) is 0 Å². The van der Waals surface area contributed by atoms with Gasteiger partial charge in [0.2, 0.25) is 5.91 Å². The second kappa shape index (κ2) is 8.56. The van der Waals surface area contributed by atoms with E-state index in [2.05, 4.69) is 31.0 Å². The van der Waals surface area contributed by atoms with Crippen LogP contribution in [-0.4, -0.2) is 5.91 Å². The van der Waals surface area contributed by atoms with Crippen LogP contribution in [0.1, 0.15) is 39.0 Å². The quantitative estimate of drug-likeness (QED) is 0.602. The molecule has 0 radical (unpaired) electrons. The number of rotatable bonds is 6. The van der Waals surface area contributed by atoms with Crippen LogP contribution < -0.4 is 5.32 Å². The predicted molar refractivity (Wildman–Crippen MR) is 99.1 cm³/mol. The minimum absolute atomic E-state index is 0.00695. The third kappa shape index (κ3) is 5.40. The van der Waals surface area contributed by atoms with E-state index in [4.69, 9.17) is 23.2 Å². The van der Waals surface area contributed by atoms with Crippen molar-refractivity contribution in [3.63, 3.8) is 0 Å². The average molecular weight is 352 g/mol. The van der Waals surface area contributed by atoms with Crippen molar-refractivity contribution in [2.24, 2.45) is 11.8 Å². The number of allylic oxidation sites excluding steroid dienone is 3. The molecule has 0 spiro atoms. The van der Waals surface area contributed by atoms with Gasteiger partial charge in [-0.25, -0.2) is 0 Å². The van der Waals surface area contributed by atoms with Crippen molar-refractivity contribution < 1.29 is 4.79 Å². The molecule has 124 valence electrons. The lowest BCUT2D eigenvalue weighted by atomic mass is 9.88. The van der Waals surface area contributed by atoms with Crippen LogP contribution in [0.25, 0.3) is 0 Å². The van der Waals surface area contributed by atoms with E-state index in [1.165, 1.54) is 5.57 Å². The molecule has 1 aromatic carbocycles. The fraction of sp³-hybridized carbons (Fsp3) is 0.421. The monoisotopic (exact) mass is 351 g/mol. The number of carbonyl (C=O) groups is 1. The number of amides is 1. The maximum atomic E-state index is 12.3. The van der Waals surface area contributed by atoms with E-state index in [1.54, 1.807) is 18.2 Å². The Morgan fingerprint density at radius 3 is 2.65 bits per heavy atom. The van der Waals surface area contributed by atoms with Crippen LogP contribution in [0.3, 0.4) is 0 Å². The smallest absolute Gasteiger partial charge is 0.224 e. The molecule has 0 bridgehead atoms. The second-order valence-corrected chi connectivity index (χ2v) is 6.96. The molecule has 23 heavy (non-hydrogen) atoms. The molecule has 1 fully saturated rings. The van der Waals surface area contributed by atoms with Gasteiger partial charge < -0.3 is 5.32 Å². The van der Waals surface area contributed by atoms with Crippen LogP contribution in [0, 0.1) is 11.8 Å². The summed E-state index contributed by atoms with van der Waals surface area (Å²) in [4.78, 5) is 12.3. The van der Waals surface area contributed by atoms with Gasteiger partial charge in [0.25, 0.3) is 0 Å². The molecule has 1 aromatic rings. The van der Waals surface area contributed by atoms with Crippen LogP contribution in [0.4, 0.5) is 5.69 Å². The molecule has 4 heteroatoms. The van der Waals surface area contributed by atoms with Crippen LogP contribution >= 0.6 is 23.2 Å². The molecule has 2 atom stereocenters. The minimum atomic E-state index is 0.00695. The summed E-state index contributed by atoms with van der Waals surface area (Å²) in [6.07, 6.45) is 8.97. The zero-order valence-corrected chi connectivity index (χ0v) is 15.0. The van der Waals surface area contributed by atoms with Gasteiger partial charge in [-0.2, -0.15) is 0 Å². The highest BCUT2D eigenvalue weighted by Crippen LogP contribution is 2.40. The second-order valence-electron chi connectivity index (χ2n) is 6.09. The van der Waals surface area contributed by atoms with E-state index >= 15 is 0 Å². The summed E-state index contributed by atoms with van der Waals surface area (Å²) in [5.74, 6) is 0.776. The largest absolute Gasteiger partial charge is 0.326 e. The number of halogens is 2. The fourth-order valence-corrected chi connectivity index (χ4v) is 3.71. The Bertz CT molecular complexity index is 589. The van der Waals surface area contributed by atoms with Crippen LogP contribution in [-0.2, 0) is 4.79 Å². The first-order valence-electron chi connectivity index (χ1n) is 8.08. The van der Waals surface area contributed by atoms with Crippen molar-refractivity contribution in [1.29, 1.82) is 0 Å². The highest BCUT2D eigenvalue weighted by Gasteiger charge is 2.30. The topological polar surface area (TPSA) is 29.1 Å². The molecule has 0 heterocycles. The molecule has 1 saturated carbocycles. The number of benzene rings is 1. The van der Waals surface area contributed by atoms with Crippen molar-refractivity contribution in [3.8, 4) is 0 Å². The summed E-state index contributed by atoms with van der Waals surface area (Å²) in [6, 6.07) is 5.07. The summed E-state index contributed by atoms with van der Waals surface area (Å²) < 4.78 is 0. The maximum absolute atomic E-state index is 12.3. The lowest BCUT2D eigenvalue weighted by Gasteiger charge is -2.18. The average Bonchev–Trinajstić information content (AvgIpc) is 2.79. The normalized spacial score (nSPS) is 21.1. The molecule has 0 aromatic heterocycles. The maximum Gasteiger partial charge on any atom is 0.224 e. The van der Waals surface area contributed by atoms with E-state index in [0.717, 1.165) is 25.7 Å². The van der Waals surface area contributed by atoms with Gasteiger partial charge in [0.1, 0.15) is 0 Å². The van der Waals surface area contributed by atoms with Gasteiger partial charge in [0.05, 0.1) is 0 Å². The Kier molecular flexibility index (Phi) is 6.73. The van der Waals surface area contributed by atoms with Gasteiger partial charge in [-0.1, -0.05) is 54.4 Å². The fourth-order valence-electron chi connectivity index (χ4n) is 3.18. The first-order valence-corrected chi connectivity index (χ1v) is 8.83. The molecular weight excluding hydrogens is 329 g/mol. The zero-order chi connectivity index (χ0) is 16.8. The first-order chi connectivity index (χ1) is 11.0. The van der Waals surface area contributed by atoms with E-state index in [1.807, 2.05) is 0 Å². The zero-order valence-electron chi connectivity index (χ0n) is 13.4. The van der Waals surface area contributed by atoms with Gasteiger partial charge >= 0.3 is 0 Å². The molecule has 2 nitrogen and oxygen atoms in total. The number of nitrogens with one attached hydrogen (secondary N) is 1. The number of anilines is 1. The number of hydrogen-bond donors (Lipinski definition) is 1. The highest BCUT2D eigenvalue weighted by molar-refractivity contribution is 6.35. The molecule has 0 saturated heterocycles. The Labute approximate surface area is 148 Å². The van der Waals surface area contributed by atoms with E-state index in [9.17, 15) is 4.79 Å². The standard InChI is InChI=1S/C19H23Cl2NO/c1-3-4-5-6-18-13(2)7-8-14(18)9-19(23)22-17-11-15(20)10-16(21)12-17/h4-5,10-12,14,18H,2-3,6-9H2,1H3,(H,22,23)/b5-4-/t14-,18+/m0/s1. The lowest BCUT2D eigenvalue weighted by Crippen LogP contribution is -2.19. The summed E-state index contributed by atoms with van der Waals surface area (Å²) in [5.41, 5.74) is 1.92. The van der Waals surface area contributed by atoms with Gasteiger partial charge in [-0.3, -0.25) is 4.79 Å².